The van der Waals surface area contributed by atoms with Crippen molar-refractivity contribution in [2.24, 2.45) is 0 Å². The summed E-state index contributed by atoms with van der Waals surface area (Å²) in [5.74, 6) is -2.73. The zero-order valence-electron chi connectivity index (χ0n) is 13.3. The van der Waals surface area contributed by atoms with Crippen molar-refractivity contribution in [2.75, 3.05) is 4.90 Å². The normalized spacial score (nSPS) is 20.2. The molecular formula is C16H12F3N3O3S. The lowest BCUT2D eigenvalue weighted by molar-refractivity contribution is -0.197. The molecule has 3 rings (SSSR count). The second-order valence-electron chi connectivity index (χ2n) is 5.54. The van der Waals surface area contributed by atoms with Crippen LogP contribution in [0, 0.1) is 6.92 Å². The van der Waals surface area contributed by atoms with Gasteiger partial charge in [-0.1, -0.05) is 24.3 Å². The number of nitrogens with zero attached hydrogens (tertiary/aromatic N) is 1. The first-order valence-corrected chi connectivity index (χ1v) is 8.20. The Labute approximate surface area is 149 Å². The minimum atomic E-state index is -5.25. The van der Waals surface area contributed by atoms with Gasteiger partial charge in [-0.15, -0.1) is 11.3 Å². The number of rotatable bonds is 3. The molecule has 2 aromatic rings. The zero-order valence-corrected chi connectivity index (χ0v) is 14.1. The lowest BCUT2D eigenvalue weighted by Crippen LogP contribution is -2.69. The average molecular weight is 383 g/mol. The van der Waals surface area contributed by atoms with Gasteiger partial charge in [0.05, 0.1) is 10.6 Å². The summed E-state index contributed by atoms with van der Waals surface area (Å²) in [6.07, 6.45) is -5.25. The number of carbonyl (C=O) groups excluding carboxylic acids is 3. The largest absolute Gasteiger partial charge is 0.440 e. The average Bonchev–Trinajstić information content (AvgIpc) is 3.16. The van der Waals surface area contributed by atoms with E-state index in [0.717, 1.165) is 11.3 Å². The number of carbonyl (C=O) groups is 3. The quantitative estimate of drug-likeness (QED) is 0.800. The van der Waals surface area contributed by atoms with Crippen LogP contribution in [0.1, 0.15) is 15.2 Å². The summed E-state index contributed by atoms with van der Waals surface area (Å²) in [6.45, 7) is 1.55. The van der Waals surface area contributed by atoms with E-state index in [0.29, 0.717) is 10.5 Å². The van der Waals surface area contributed by atoms with Crippen LogP contribution in [0.15, 0.2) is 41.8 Å². The van der Waals surface area contributed by atoms with Crippen LogP contribution < -0.4 is 15.5 Å². The molecule has 26 heavy (non-hydrogen) atoms. The molecule has 10 heteroatoms. The van der Waals surface area contributed by atoms with Crippen LogP contribution >= 0.6 is 11.3 Å². The highest BCUT2D eigenvalue weighted by atomic mass is 32.1. The van der Waals surface area contributed by atoms with Crippen molar-refractivity contribution in [2.45, 2.75) is 18.8 Å². The van der Waals surface area contributed by atoms with Gasteiger partial charge in [-0.05, 0) is 30.0 Å². The molecule has 1 fully saturated rings. The summed E-state index contributed by atoms with van der Waals surface area (Å²) >= 11 is 0.908. The van der Waals surface area contributed by atoms with Gasteiger partial charge < -0.3 is 5.32 Å². The smallest absolute Gasteiger partial charge is 0.313 e. The maximum atomic E-state index is 13.8. The van der Waals surface area contributed by atoms with Crippen molar-refractivity contribution in [1.29, 1.82) is 0 Å². The number of urea groups is 1. The number of aryl methyl sites for hydroxylation is 1. The fourth-order valence-electron chi connectivity index (χ4n) is 2.55. The van der Waals surface area contributed by atoms with Gasteiger partial charge >= 0.3 is 12.2 Å². The lowest BCUT2D eigenvalue weighted by atomic mass is 10.1. The van der Waals surface area contributed by atoms with E-state index in [9.17, 15) is 27.6 Å². The Morgan fingerprint density at radius 3 is 2.46 bits per heavy atom. The van der Waals surface area contributed by atoms with E-state index >= 15 is 0 Å². The van der Waals surface area contributed by atoms with Crippen molar-refractivity contribution >= 4 is 34.9 Å². The molecule has 1 aromatic carbocycles. The van der Waals surface area contributed by atoms with E-state index in [4.69, 9.17) is 0 Å². The van der Waals surface area contributed by atoms with Gasteiger partial charge in [0, 0.05) is 0 Å². The fourth-order valence-corrected chi connectivity index (χ4v) is 3.17. The summed E-state index contributed by atoms with van der Waals surface area (Å²) in [5.41, 5.74) is -3.10. The number of hydrogen-bond acceptors (Lipinski definition) is 4. The molecule has 1 aliphatic rings. The minimum Gasteiger partial charge on any atom is -0.313 e. The van der Waals surface area contributed by atoms with Crippen LogP contribution in [-0.2, 0) is 4.79 Å². The topological polar surface area (TPSA) is 78.5 Å². The van der Waals surface area contributed by atoms with E-state index in [1.807, 2.05) is 0 Å². The maximum Gasteiger partial charge on any atom is 0.440 e. The van der Waals surface area contributed by atoms with E-state index in [-0.39, 0.29) is 10.6 Å². The van der Waals surface area contributed by atoms with Gasteiger partial charge in [0.25, 0.3) is 17.5 Å². The Bertz CT molecular complexity index is 882. The van der Waals surface area contributed by atoms with Crippen LogP contribution in [0.3, 0.4) is 0 Å². The minimum absolute atomic E-state index is 0.00602. The van der Waals surface area contributed by atoms with Crippen molar-refractivity contribution < 1.29 is 27.6 Å². The van der Waals surface area contributed by atoms with Crippen molar-refractivity contribution in [3.63, 3.8) is 0 Å². The van der Waals surface area contributed by atoms with Crippen LogP contribution in [0.25, 0.3) is 0 Å². The second-order valence-corrected chi connectivity index (χ2v) is 6.48. The monoisotopic (exact) mass is 383 g/mol. The van der Waals surface area contributed by atoms with Crippen LogP contribution in [0.4, 0.5) is 23.7 Å². The number of nitrogens with one attached hydrogen (secondary N) is 2. The van der Waals surface area contributed by atoms with Crippen molar-refractivity contribution in [3.05, 3.63) is 52.2 Å². The number of anilines is 1. The predicted molar refractivity (Wildman–Crippen MR) is 87.8 cm³/mol. The number of alkyl halides is 3. The van der Waals surface area contributed by atoms with Crippen molar-refractivity contribution in [1.82, 2.24) is 10.6 Å². The molecule has 0 aliphatic carbocycles. The molecule has 1 atom stereocenters. The molecule has 6 nitrogen and oxygen atoms in total. The summed E-state index contributed by atoms with van der Waals surface area (Å²) in [6, 6.07) is 7.52. The van der Waals surface area contributed by atoms with Crippen LogP contribution in [0.2, 0.25) is 0 Å². The Morgan fingerprint density at radius 2 is 1.88 bits per heavy atom. The third-order valence-corrected chi connectivity index (χ3v) is 4.72. The molecule has 2 heterocycles. The van der Waals surface area contributed by atoms with Gasteiger partial charge in [0.2, 0.25) is 0 Å². The summed E-state index contributed by atoms with van der Waals surface area (Å²) < 4.78 is 41.3. The lowest BCUT2D eigenvalue weighted by Gasteiger charge is -2.29. The second kappa shape index (κ2) is 6.13. The highest BCUT2D eigenvalue weighted by Gasteiger charge is 2.69. The first kappa shape index (κ1) is 17.9. The third kappa shape index (κ3) is 2.71. The van der Waals surface area contributed by atoms with E-state index in [1.165, 1.54) is 29.6 Å². The fraction of sp³-hybridized carbons (Fsp3) is 0.188. The molecule has 136 valence electrons. The van der Waals surface area contributed by atoms with Gasteiger partial charge in [-0.2, -0.15) is 13.2 Å². The zero-order chi connectivity index (χ0) is 19.1. The summed E-state index contributed by atoms with van der Waals surface area (Å²) in [5, 5.41) is 4.77. The van der Waals surface area contributed by atoms with E-state index in [1.54, 1.807) is 29.7 Å². The molecule has 0 bridgehead atoms. The number of hydrogen-bond donors (Lipinski definition) is 2. The Balaban J connectivity index is 2.04. The maximum absolute atomic E-state index is 13.8. The Morgan fingerprint density at radius 1 is 1.19 bits per heavy atom. The molecule has 1 saturated heterocycles. The summed E-state index contributed by atoms with van der Waals surface area (Å²) in [4.78, 5) is 37.4. The van der Waals surface area contributed by atoms with Gasteiger partial charge in [0.1, 0.15) is 0 Å². The van der Waals surface area contributed by atoms with Gasteiger partial charge in [-0.25, -0.2) is 9.69 Å². The molecule has 2 N–H and O–H groups in total. The number of thiophene rings is 1. The molecule has 4 amide bonds. The Kier molecular flexibility index (Phi) is 4.23. The highest BCUT2D eigenvalue weighted by Crippen LogP contribution is 2.36. The number of imide groups is 1. The number of benzene rings is 1. The molecular weight excluding hydrogens is 371 g/mol. The standard InChI is InChI=1S/C16H12F3N3O3S/c1-9-5-2-3-6-10(9)22-13(24)15(16(17,18)19,21-14(22)25)20-12(23)11-7-4-8-26-11/h2-8H,1H3,(H,20,23)(H,21,25)/t15-/m0/s1. The predicted octanol–water partition coefficient (Wildman–Crippen LogP) is 2.80. The Hall–Kier alpha value is -2.88. The first-order valence-electron chi connectivity index (χ1n) is 7.32. The van der Waals surface area contributed by atoms with E-state index < -0.39 is 29.7 Å². The summed E-state index contributed by atoms with van der Waals surface area (Å²) in [7, 11) is 0. The highest BCUT2D eigenvalue weighted by molar-refractivity contribution is 7.12. The molecule has 0 radical (unpaired) electrons. The number of para-hydroxylation sites is 1. The number of amides is 4. The SMILES string of the molecule is Cc1ccccc1N1C(=O)N[C@](NC(=O)c2cccs2)(C(F)(F)F)C1=O. The van der Waals surface area contributed by atoms with Crippen LogP contribution in [0.5, 0.6) is 0 Å². The van der Waals surface area contributed by atoms with Crippen molar-refractivity contribution in [3.8, 4) is 0 Å². The molecule has 0 spiro atoms. The molecule has 1 aromatic heterocycles. The molecule has 0 saturated carbocycles. The number of halogens is 3. The molecule has 1 aliphatic heterocycles. The van der Waals surface area contributed by atoms with Gasteiger partial charge in [0.15, 0.2) is 0 Å². The third-order valence-electron chi connectivity index (χ3n) is 3.85. The first-order chi connectivity index (χ1) is 12.2. The van der Waals surface area contributed by atoms with Gasteiger partial charge in [-0.3, -0.25) is 14.9 Å². The molecule has 0 unspecified atom stereocenters. The van der Waals surface area contributed by atoms with Crippen LogP contribution in [-0.4, -0.2) is 29.7 Å². The van der Waals surface area contributed by atoms with E-state index in [2.05, 4.69) is 0 Å².